The maximum atomic E-state index is 14.2. The molecule has 2 aliphatic heterocycles. The first-order valence-corrected chi connectivity index (χ1v) is 25.0. The second-order valence-electron chi connectivity index (χ2n) is 18.5. The number of anilines is 3. The number of carbonyl (C=O) groups is 11. The molecule has 3 aromatic carbocycles. The van der Waals surface area contributed by atoms with Crippen LogP contribution >= 0.6 is 0 Å². The molecule has 80 heavy (non-hydrogen) atoms. The van der Waals surface area contributed by atoms with E-state index in [-0.39, 0.29) is 95.0 Å². The molecule has 0 spiro atoms. The fraction of sp³-hybridized carbons (Fsp3) is 0.380. The van der Waals surface area contributed by atoms with E-state index >= 15 is 0 Å². The summed E-state index contributed by atoms with van der Waals surface area (Å²) in [7, 11) is 0. The number of nitrogens with two attached hydrogens (primary N) is 1. The van der Waals surface area contributed by atoms with E-state index in [1.165, 1.54) is 72.9 Å². The molecule has 30 heteroatoms. The summed E-state index contributed by atoms with van der Waals surface area (Å²) in [5, 5.41) is 59.8. The standard InChI is InChI=1S/C50H59FN14O15/c51-13-1-2-35-27-65(60-59-35)28-40(66)53-36-25-31(42(69)61-14-18-63(19-15-61)49(79)54-33-7-3-29(4-8-33)22-38(45(73)74)56-47(52)77)24-32(26-36)43(70)62-16-20-64(21-17-62)50(80)55-34-9-5-30(6-10-34)23-39(46(75)76)58-48(78)57-37(44(71)72)11-12-41(67)68/h3-10,24-27,37-39H,1-2,11-23,28H2,(H,53,66)(H,54,79)(H,55,80)(H,67,68)(H,71,72)(H,73,74)(H,75,76)(H3,52,56,77)(H2,57,58,78)/t37-,38-,39-/m0/s1. The molecule has 2 aliphatic rings. The zero-order chi connectivity index (χ0) is 58.0. The summed E-state index contributed by atoms with van der Waals surface area (Å²) in [5.74, 6) is -7.07. The number of primary amides is 1. The van der Waals surface area contributed by atoms with Crippen molar-refractivity contribution in [1.29, 1.82) is 0 Å². The molecule has 426 valence electrons. The Balaban J connectivity index is 1.06. The second kappa shape index (κ2) is 27.9. The zero-order valence-electron chi connectivity index (χ0n) is 42.8. The Morgan fingerprint density at radius 1 is 0.575 bits per heavy atom. The van der Waals surface area contributed by atoms with Gasteiger partial charge in [-0.1, -0.05) is 29.5 Å². The third kappa shape index (κ3) is 17.6. The minimum absolute atomic E-state index is 0.0474. The van der Waals surface area contributed by atoms with E-state index in [1.807, 2.05) is 0 Å². The highest BCUT2D eigenvalue weighted by Gasteiger charge is 2.30. The summed E-state index contributed by atoms with van der Waals surface area (Å²) < 4.78 is 14.0. The van der Waals surface area contributed by atoms with Crippen molar-refractivity contribution < 1.29 is 77.6 Å². The summed E-state index contributed by atoms with van der Waals surface area (Å²) in [6.07, 6.45) is 0.773. The van der Waals surface area contributed by atoms with Crippen molar-refractivity contribution >= 4 is 82.8 Å². The number of nitrogens with zero attached hydrogens (tertiary/aromatic N) is 7. The molecule has 0 saturated carbocycles. The van der Waals surface area contributed by atoms with E-state index in [0.717, 1.165) is 0 Å². The SMILES string of the molecule is NC(=O)N[C@@H](Cc1ccc(NC(=O)N2CCN(C(=O)c3cc(NC(=O)Cn4cc(CCCF)nn4)cc(C(=O)N4CCN(C(=O)Nc5ccc(C[C@H](NC(=O)N[C@@H](CCC(=O)O)C(=O)O)C(=O)O)cc5)CC4)c3)CC2)cc1)C(=O)O. The number of amides is 11. The fourth-order valence-corrected chi connectivity index (χ4v) is 8.44. The summed E-state index contributed by atoms with van der Waals surface area (Å²) in [6.45, 7) is -0.100. The number of aliphatic carboxylic acids is 4. The van der Waals surface area contributed by atoms with E-state index in [1.54, 1.807) is 24.3 Å². The summed E-state index contributed by atoms with van der Waals surface area (Å²) in [4.78, 5) is 144. The lowest BCUT2D eigenvalue weighted by Crippen LogP contribution is -2.52. The fourth-order valence-electron chi connectivity index (χ4n) is 8.44. The molecule has 0 radical (unpaired) electrons. The van der Waals surface area contributed by atoms with Crippen LogP contribution in [0.4, 0.5) is 40.6 Å². The lowest BCUT2D eigenvalue weighted by Gasteiger charge is -2.35. The van der Waals surface area contributed by atoms with Gasteiger partial charge in [0.15, 0.2) is 0 Å². The monoisotopic (exact) mass is 1110 g/mol. The van der Waals surface area contributed by atoms with Gasteiger partial charge >= 0.3 is 48.0 Å². The van der Waals surface area contributed by atoms with Crippen LogP contribution < -0.4 is 37.6 Å². The first-order valence-electron chi connectivity index (χ1n) is 25.0. The number of urea groups is 4. The number of piperazine rings is 2. The highest BCUT2D eigenvalue weighted by Crippen LogP contribution is 2.22. The maximum Gasteiger partial charge on any atom is 0.326 e. The number of benzene rings is 3. The molecule has 4 aromatic rings. The van der Waals surface area contributed by atoms with Gasteiger partial charge in [0.25, 0.3) is 11.8 Å². The predicted molar refractivity (Wildman–Crippen MR) is 278 cm³/mol. The van der Waals surface area contributed by atoms with E-state index in [4.69, 9.17) is 10.8 Å². The number of carboxylic acids is 4. The minimum atomic E-state index is -1.58. The van der Waals surface area contributed by atoms with Gasteiger partial charge in [-0.25, -0.2) is 38.2 Å². The molecule has 12 N–H and O–H groups in total. The van der Waals surface area contributed by atoms with E-state index in [9.17, 15) is 72.4 Å². The van der Waals surface area contributed by atoms with Crippen molar-refractivity contribution in [2.24, 2.45) is 5.73 Å². The summed E-state index contributed by atoms with van der Waals surface area (Å²) in [6, 6.07) is 9.11. The molecule has 2 saturated heterocycles. The number of nitrogens with one attached hydrogen (secondary N) is 6. The number of hydrogen-bond donors (Lipinski definition) is 11. The van der Waals surface area contributed by atoms with Crippen LogP contribution in [0.5, 0.6) is 0 Å². The molecule has 1 aromatic heterocycles. The minimum Gasteiger partial charge on any atom is -0.481 e. The molecule has 0 unspecified atom stereocenters. The van der Waals surface area contributed by atoms with Gasteiger partial charge in [-0.3, -0.25) is 23.6 Å². The Hall–Kier alpha value is -9.90. The van der Waals surface area contributed by atoms with Gasteiger partial charge in [-0.2, -0.15) is 0 Å². The third-order valence-corrected chi connectivity index (χ3v) is 12.6. The Morgan fingerprint density at radius 3 is 1.46 bits per heavy atom. The second-order valence-corrected chi connectivity index (χ2v) is 18.5. The molecular formula is C50H59FN14O15. The Kier molecular flexibility index (Phi) is 20.7. The van der Waals surface area contributed by atoms with Gasteiger partial charge < -0.3 is 77.7 Å². The number of halogens is 1. The van der Waals surface area contributed by atoms with Crippen molar-refractivity contribution in [3.63, 3.8) is 0 Å². The molecule has 0 aliphatic carbocycles. The highest BCUT2D eigenvalue weighted by atomic mass is 19.1. The van der Waals surface area contributed by atoms with Crippen LogP contribution in [0.15, 0.2) is 72.9 Å². The molecule has 3 heterocycles. The number of hydrogen-bond acceptors (Lipinski definition) is 13. The lowest BCUT2D eigenvalue weighted by molar-refractivity contribution is -0.141. The van der Waals surface area contributed by atoms with Gasteiger partial charge in [-0.05, 0) is 72.9 Å². The van der Waals surface area contributed by atoms with Crippen molar-refractivity contribution in [1.82, 2.24) is 50.5 Å². The van der Waals surface area contributed by atoms with Crippen molar-refractivity contribution in [3.05, 3.63) is 101 Å². The normalized spacial score (nSPS) is 14.4. The van der Waals surface area contributed by atoms with Gasteiger partial charge in [0.05, 0.1) is 12.4 Å². The number of aryl methyl sites for hydroxylation is 1. The average Bonchev–Trinajstić information content (AvgIpc) is 3.87. The molecule has 3 atom stereocenters. The predicted octanol–water partition coefficient (Wildman–Crippen LogP) is 1.08. The molecule has 2 fully saturated rings. The topological polar surface area (TPSA) is 411 Å². The lowest BCUT2D eigenvalue weighted by atomic mass is 10.1. The highest BCUT2D eigenvalue weighted by molar-refractivity contribution is 6.03. The average molecular weight is 1120 g/mol. The number of carbonyl (C=O) groups excluding carboxylic acids is 7. The molecule has 6 rings (SSSR count). The smallest absolute Gasteiger partial charge is 0.326 e. The number of carboxylic acid groups (broad SMARTS) is 4. The summed E-state index contributed by atoms with van der Waals surface area (Å²) >= 11 is 0. The van der Waals surface area contributed by atoms with E-state index in [2.05, 4.69) is 42.2 Å². The number of rotatable bonds is 23. The van der Waals surface area contributed by atoms with Crippen molar-refractivity contribution in [2.75, 3.05) is 75.0 Å². The van der Waals surface area contributed by atoms with Crippen LogP contribution in [0.25, 0.3) is 0 Å². The Morgan fingerprint density at radius 2 is 1.02 bits per heavy atom. The largest absolute Gasteiger partial charge is 0.481 e. The van der Waals surface area contributed by atoms with Gasteiger partial charge in [0.2, 0.25) is 5.91 Å². The van der Waals surface area contributed by atoms with Crippen LogP contribution in [0, 0.1) is 0 Å². The van der Waals surface area contributed by atoms with Crippen LogP contribution in [0.2, 0.25) is 0 Å². The van der Waals surface area contributed by atoms with Crippen molar-refractivity contribution in [3.8, 4) is 0 Å². The van der Waals surface area contributed by atoms with Gasteiger partial charge in [0, 0.05) is 106 Å². The van der Waals surface area contributed by atoms with Crippen LogP contribution in [0.3, 0.4) is 0 Å². The summed E-state index contributed by atoms with van der Waals surface area (Å²) in [5.41, 5.74) is 7.49. The van der Waals surface area contributed by atoms with Crippen LogP contribution in [-0.2, 0) is 49.8 Å². The Bertz CT molecular complexity index is 2940. The van der Waals surface area contributed by atoms with Crippen LogP contribution in [-0.4, -0.2) is 198 Å². The maximum absolute atomic E-state index is 14.2. The Labute approximate surface area is 454 Å². The molecular weight excluding hydrogens is 1060 g/mol. The quantitative estimate of drug-likeness (QED) is 0.0495. The van der Waals surface area contributed by atoms with Crippen molar-refractivity contribution in [2.45, 2.75) is 63.2 Å². The van der Waals surface area contributed by atoms with Crippen LogP contribution in [0.1, 0.15) is 56.8 Å². The molecule has 0 bridgehead atoms. The van der Waals surface area contributed by atoms with E-state index in [0.29, 0.717) is 34.6 Å². The zero-order valence-corrected chi connectivity index (χ0v) is 42.8. The van der Waals surface area contributed by atoms with E-state index < -0.39 is 103 Å². The number of alkyl halides is 1. The van der Waals surface area contributed by atoms with Gasteiger partial charge in [-0.15, -0.1) is 5.10 Å². The molecule has 11 amide bonds. The number of aromatic nitrogens is 3. The molecule has 29 nitrogen and oxygen atoms in total. The van der Waals surface area contributed by atoms with Gasteiger partial charge in [0.1, 0.15) is 24.7 Å². The first-order chi connectivity index (χ1) is 38.1. The third-order valence-electron chi connectivity index (χ3n) is 12.6. The first kappa shape index (κ1) is 59.3.